The Kier molecular flexibility index (Phi) is 4.60. The average Bonchev–Trinajstić information content (AvgIpc) is 2.65. The molecule has 0 unspecified atom stereocenters. The van der Waals surface area contributed by atoms with E-state index in [4.69, 9.17) is 9.47 Å². The van der Waals surface area contributed by atoms with E-state index < -0.39 is 21.7 Å². The number of hydrogen-bond donors (Lipinski definition) is 0. The molecule has 2 aromatic carbocycles. The highest BCUT2D eigenvalue weighted by Gasteiger charge is 2.39. The number of carbonyl (C=O) groups is 1. The predicted molar refractivity (Wildman–Crippen MR) is 91.7 cm³/mol. The first-order chi connectivity index (χ1) is 11.9. The molecular formula is C19H18O5S. The van der Waals surface area contributed by atoms with E-state index in [1.165, 1.54) is 31.4 Å². The van der Waals surface area contributed by atoms with Crippen molar-refractivity contribution >= 4 is 15.6 Å². The SMILES string of the molecule is CO[C@@H]1C=CC(=O)[C@](C)(c2ccc(S(=O)(=O)c3ccccc3)cc2)O1. The molecule has 0 bridgehead atoms. The van der Waals surface area contributed by atoms with Gasteiger partial charge in [0.2, 0.25) is 9.84 Å². The van der Waals surface area contributed by atoms with E-state index in [-0.39, 0.29) is 15.6 Å². The number of benzene rings is 2. The fraction of sp³-hybridized carbons (Fsp3) is 0.211. The quantitative estimate of drug-likeness (QED) is 0.841. The maximum Gasteiger partial charge on any atom is 0.206 e. The molecule has 0 saturated carbocycles. The summed E-state index contributed by atoms with van der Waals surface area (Å²) in [5.74, 6) is -0.223. The minimum absolute atomic E-state index is 0.160. The highest BCUT2D eigenvalue weighted by atomic mass is 32.2. The lowest BCUT2D eigenvalue weighted by Gasteiger charge is -2.33. The Hall–Kier alpha value is -2.28. The standard InChI is InChI=1S/C19H18O5S/c1-19(17(20)12-13-18(23-2)24-19)14-8-10-16(11-9-14)25(21,22)15-6-4-3-5-7-15/h3-13,18H,1-2H3/t18-,19-/m0/s1. The fourth-order valence-electron chi connectivity index (χ4n) is 2.68. The molecule has 25 heavy (non-hydrogen) atoms. The summed E-state index contributed by atoms with van der Waals surface area (Å²) in [5.41, 5.74) is -0.652. The number of ether oxygens (including phenoxy) is 2. The van der Waals surface area contributed by atoms with Crippen molar-refractivity contribution in [2.75, 3.05) is 7.11 Å². The molecule has 0 aliphatic carbocycles. The largest absolute Gasteiger partial charge is 0.352 e. The van der Waals surface area contributed by atoms with Crippen molar-refractivity contribution in [3.05, 3.63) is 72.3 Å². The molecule has 0 radical (unpaired) electrons. The maximum absolute atomic E-state index is 12.6. The maximum atomic E-state index is 12.6. The van der Waals surface area contributed by atoms with Crippen LogP contribution in [-0.2, 0) is 29.7 Å². The minimum Gasteiger partial charge on any atom is -0.352 e. The van der Waals surface area contributed by atoms with Crippen molar-refractivity contribution in [1.82, 2.24) is 0 Å². The van der Waals surface area contributed by atoms with E-state index in [1.54, 1.807) is 49.4 Å². The third kappa shape index (κ3) is 3.16. The number of hydrogen-bond acceptors (Lipinski definition) is 5. The van der Waals surface area contributed by atoms with Crippen LogP contribution in [0.15, 0.2) is 76.5 Å². The summed E-state index contributed by atoms with van der Waals surface area (Å²) in [6.45, 7) is 1.64. The number of sulfone groups is 1. The van der Waals surface area contributed by atoms with Gasteiger partial charge in [-0.2, -0.15) is 0 Å². The molecule has 0 N–H and O–H groups in total. The molecule has 1 aliphatic rings. The Morgan fingerprint density at radius 2 is 1.60 bits per heavy atom. The zero-order valence-electron chi connectivity index (χ0n) is 13.9. The van der Waals surface area contributed by atoms with Crippen molar-refractivity contribution in [3.8, 4) is 0 Å². The van der Waals surface area contributed by atoms with Gasteiger partial charge in [0.15, 0.2) is 17.7 Å². The number of methoxy groups -OCH3 is 1. The molecular weight excluding hydrogens is 340 g/mol. The second-order valence-electron chi connectivity index (χ2n) is 5.82. The van der Waals surface area contributed by atoms with Gasteiger partial charge in [0.1, 0.15) is 0 Å². The summed E-state index contributed by atoms with van der Waals surface area (Å²) >= 11 is 0. The Labute approximate surface area is 146 Å². The van der Waals surface area contributed by atoms with Gasteiger partial charge in [-0.05, 0) is 48.9 Å². The van der Waals surface area contributed by atoms with Crippen LogP contribution in [0.5, 0.6) is 0 Å². The van der Waals surface area contributed by atoms with E-state index in [0.29, 0.717) is 5.56 Å². The lowest BCUT2D eigenvalue weighted by molar-refractivity contribution is -0.185. The van der Waals surface area contributed by atoms with Crippen molar-refractivity contribution in [2.45, 2.75) is 28.6 Å². The third-order valence-electron chi connectivity index (χ3n) is 4.23. The molecule has 2 aromatic rings. The Morgan fingerprint density at radius 1 is 1.00 bits per heavy atom. The van der Waals surface area contributed by atoms with Gasteiger partial charge in [-0.1, -0.05) is 30.3 Å². The molecule has 130 valence electrons. The van der Waals surface area contributed by atoms with Crippen LogP contribution in [0.2, 0.25) is 0 Å². The molecule has 0 amide bonds. The first kappa shape index (κ1) is 17.5. The smallest absolute Gasteiger partial charge is 0.206 e. The van der Waals surface area contributed by atoms with Crippen molar-refractivity contribution in [2.24, 2.45) is 0 Å². The molecule has 1 aliphatic heterocycles. The number of rotatable bonds is 4. The van der Waals surface area contributed by atoms with E-state index >= 15 is 0 Å². The zero-order valence-corrected chi connectivity index (χ0v) is 14.7. The second-order valence-corrected chi connectivity index (χ2v) is 7.77. The lowest BCUT2D eigenvalue weighted by Crippen LogP contribution is -2.41. The highest BCUT2D eigenvalue weighted by molar-refractivity contribution is 7.91. The van der Waals surface area contributed by atoms with Gasteiger partial charge in [-0.15, -0.1) is 0 Å². The van der Waals surface area contributed by atoms with Gasteiger partial charge in [0, 0.05) is 7.11 Å². The monoisotopic (exact) mass is 358 g/mol. The molecule has 0 fully saturated rings. The van der Waals surface area contributed by atoms with Gasteiger partial charge in [-0.25, -0.2) is 8.42 Å². The Bertz CT molecular complexity index is 901. The molecule has 6 heteroatoms. The van der Waals surface area contributed by atoms with Gasteiger partial charge < -0.3 is 9.47 Å². The van der Waals surface area contributed by atoms with Crippen LogP contribution < -0.4 is 0 Å². The average molecular weight is 358 g/mol. The summed E-state index contributed by atoms with van der Waals surface area (Å²) in [4.78, 5) is 12.7. The van der Waals surface area contributed by atoms with Crippen LogP contribution in [0.25, 0.3) is 0 Å². The minimum atomic E-state index is -3.60. The third-order valence-corrected chi connectivity index (χ3v) is 6.01. The van der Waals surface area contributed by atoms with Crippen LogP contribution in [0.1, 0.15) is 12.5 Å². The van der Waals surface area contributed by atoms with Crippen LogP contribution in [-0.4, -0.2) is 27.6 Å². The summed E-state index contributed by atoms with van der Waals surface area (Å²) < 4.78 is 36.1. The first-order valence-electron chi connectivity index (χ1n) is 7.72. The molecule has 1 heterocycles. The van der Waals surface area contributed by atoms with E-state index in [1.807, 2.05) is 0 Å². The molecule has 5 nitrogen and oxygen atoms in total. The van der Waals surface area contributed by atoms with Crippen molar-refractivity contribution in [1.29, 1.82) is 0 Å². The van der Waals surface area contributed by atoms with Gasteiger partial charge in [-0.3, -0.25) is 4.79 Å². The normalized spacial score (nSPS) is 23.6. The Morgan fingerprint density at radius 3 is 2.20 bits per heavy atom. The van der Waals surface area contributed by atoms with Gasteiger partial charge in [0.05, 0.1) is 9.79 Å². The lowest BCUT2D eigenvalue weighted by atomic mass is 9.89. The van der Waals surface area contributed by atoms with E-state index in [0.717, 1.165) is 0 Å². The molecule has 0 spiro atoms. The van der Waals surface area contributed by atoms with Crippen molar-refractivity contribution < 1.29 is 22.7 Å². The van der Waals surface area contributed by atoms with Gasteiger partial charge >= 0.3 is 0 Å². The summed E-state index contributed by atoms with van der Waals surface area (Å²) in [6.07, 6.45) is 2.33. The molecule has 3 rings (SSSR count). The predicted octanol–water partition coefficient (Wildman–Crippen LogP) is 2.86. The van der Waals surface area contributed by atoms with Crippen LogP contribution in [0.4, 0.5) is 0 Å². The first-order valence-corrected chi connectivity index (χ1v) is 9.20. The topological polar surface area (TPSA) is 69.7 Å². The molecule has 0 saturated heterocycles. The van der Waals surface area contributed by atoms with E-state index in [2.05, 4.69) is 0 Å². The van der Waals surface area contributed by atoms with Crippen molar-refractivity contribution in [3.63, 3.8) is 0 Å². The van der Waals surface area contributed by atoms with Crippen LogP contribution >= 0.6 is 0 Å². The summed E-state index contributed by atoms with van der Waals surface area (Å²) in [6, 6.07) is 14.4. The second kappa shape index (κ2) is 6.55. The zero-order chi connectivity index (χ0) is 18.1. The van der Waals surface area contributed by atoms with Crippen LogP contribution in [0.3, 0.4) is 0 Å². The fourth-order valence-corrected chi connectivity index (χ4v) is 3.96. The van der Waals surface area contributed by atoms with E-state index in [9.17, 15) is 13.2 Å². The highest BCUT2D eigenvalue weighted by Crippen LogP contribution is 2.33. The number of carbonyl (C=O) groups excluding carboxylic acids is 1. The molecule has 2 atom stereocenters. The van der Waals surface area contributed by atoms with Crippen LogP contribution in [0, 0.1) is 0 Å². The number of ketones is 1. The Balaban J connectivity index is 1.96. The summed E-state index contributed by atoms with van der Waals surface area (Å²) in [5, 5.41) is 0. The molecule has 0 aromatic heterocycles. The summed E-state index contributed by atoms with van der Waals surface area (Å²) in [7, 11) is -2.11. The van der Waals surface area contributed by atoms with Gasteiger partial charge in [0.25, 0.3) is 0 Å².